The van der Waals surface area contributed by atoms with E-state index in [9.17, 15) is 24.4 Å². The number of thiazole rings is 1. The fourth-order valence-corrected chi connectivity index (χ4v) is 6.27. The lowest BCUT2D eigenvalue weighted by Gasteiger charge is -2.33. The van der Waals surface area contributed by atoms with Crippen LogP contribution < -0.4 is 10.6 Å². The molecule has 11 nitrogen and oxygen atoms in total. The van der Waals surface area contributed by atoms with Gasteiger partial charge < -0.3 is 20.3 Å². The fraction of sp³-hybridized carbons (Fsp3) is 0.629. The summed E-state index contributed by atoms with van der Waals surface area (Å²) < 4.78 is 5.19. The topological polar surface area (TPSA) is 141 Å². The molecule has 3 N–H and O–H groups in total. The van der Waals surface area contributed by atoms with E-state index in [1.165, 1.54) is 0 Å². The summed E-state index contributed by atoms with van der Waals surface area (Å²) in [7, 11) is 0. The van der Waals surface area contributed by atoms with Crippen LogP contribution in [0.2, 0.25) is 0 Å². The normalized spacial score (nSPS) is 15.7. The number of carbonyl (C=O) groups excluding carboxylic acids is 4. The third-order valence-electron chi connectivity index (χ3n) is 8.07. The van der Waals surface area contributed by atoms with Crippen LogP contribution >= 0.6 is 11.3 Å². The highest BCUT2D eigenvalue weighted by atomic mass is 32.1. The number of alkyl carbamates (subject to hydrolysis) is 1. The number of nitrogens with zero attached hydrogens (tertiary/aromatic N) is 3. The highest BCUT2D eigenvalue weighted by Gasteiger charge is 2.40. The summed E-state index contributed by atoms with van der Waals surface area (Å²) in [6.07, 6.45) is 4.48. The number of hydroxylamine groups is 2. The molecule has 1 aliphatic heterocycles. The number of aryl methyl sites for hydroxylation is 1. The van der Waals surface area contributed by atoms with Crippen molar-refractivity contribution in [2.45, 2.75) is 112 Å². The third-order valence-corrected chi connectivity index (χ3v) is 9.05. The SMILES string of the molecule is Cc1ncsc1-c1ccc(CN(O)C(=O)[C@H]2CCN(C(=O)[C@@H](NC(=O)CCCCCCCOC(=O)NC(C)(C)C)C(C)(C)C)C2)cc1. The summed E-state index contributed by atoms with van der Waals surface area (Å²) in [5, 5.41) is 17.1. The van der Waals surface area contributed by atoms with Gasteiger partial charge in [0.15, 0.2) is 0 Å². The maximum absolute atomic E-state index is 13.6. The van der Waals surface area contributed by atoms with Crippen LogP contribution in [0.25, 0.3) is 10.4 Å². The van der Waals surface area contributed by atoms with Crippen molar-refractivity contribution in [2.75, 3.05) is 19.7 Å². The Kier molecular flexibility index (Phi) is 13.8. The van der Waals surface area contributed by atoms with Gasteiger partial charge in [0.05, 0.1) is 35.2 Å². The van der Waals surface area contributed by atoms with Crippen LogP contribution in [0.4, 0.5) is 4.79 Å². The molecule has 2 atom stereocenters. The number of carbonyl (C=O) groups is 4. The Bertz CT molecular complexity index is 1350. The minimum atomic E-state index is -0.730. The highest BCUT2D eigenvalue weighted by Crippen LogP contribution is 2.28. The Labute approximate surface area is 283 Å². The van der Waals surface area contributed by atoms with Crippen LogP contribution in [-0.2, 0) is 25.7 Å². The number of hydrogen-bond donors (Lipinski definition) is 3. The van der Waals surface area contributed by atoms with Crippen molar-refractivity contribution in [3.05, 3.63) is 41.0 Å². The first-order valence-corrected chi connectivity index (χ1v) is 17.5. The second kappa shape index (κ2) is 17.1. The average Bonchev–Trinajstić information content (AvgIpc) is 3.65. The number of amides is 4. The van der Waals surface area contributed by atoms with Gasteiger partial charge >= 0.3 is 6.09 Å². The monoisotopic (exact) mass is 671 g/mol. The van der Waals surface area contributed by atoms with Crippen molar-refractivity contribution in [3.63, 3.8) is 0 Å². The number of benzene rings is 1. The Morgan fingerprint density at radius 1 is 1.04 bits per heavy atom. The third kappa shape index (κ3) is 12.2. The molecule has 0 aliphatic carbocycles. The molecule has 2 heterocycles. The smallest absolute Gasteiger partial charge is 0.407 e. The quantitative estimate of drug-likeness (QED) is 0.126. The molecular weight excluding hydrogens is 618 g/mol. The number of unbranched alkanes of at least 4 members (excludes halogenated alkanes) is 4. The van der Waals surface area contributed by atoms with Crippen LogP contribution in [0.5, 0.6) is 0 Å². The Morgan fingerprint density at radius 2 is 1.70 bits per heavy atom. The van der Waals surface area contributed by atoms with Crippen LogP contribution in [0.15, 0.2) is 29.8 Å². The molecule has 12 heteroatoms. The van der Waals surface area contributed by atoms with E-state index in [0.29, 0.717) is 32.4 Å². The summed E-state index contributed by atoms with van der Waals surface area (Å²) in [5.41, 5.74) is 3.75. The minimum Gasteiger partial charge on any atom is -0.450 e. The van der Waals surface area contributed by atoms with Crippen LogP contribution in [-0.4, -0.2) is 75.2 Å². The second-order valence-electron chi connectivity index (χ2n) is 14.5. The van der Waals surface area contributed by atoms with Gasteiger partial charge in [-0.3, -0.25) is 19.6 Å². The molecular formula is C35H53N5O6S. The lowest BCUT2D eigenvalue weighted by Crippen LogP contribution is -2.54. The van der Waals surface area contributed by atoms with E-state index in [-0.39, 0.29) is 30.4 Å². The highest BCUT2D eigenvalue weighted by molar-refractivity contribution is 7.13. The van der Waals surface area contributed by atoms with Gasteiger partial charge in [0.2, 0.25) is 11.8 Å². The molecule has 260 valence electrons. The van der Waals surface area contributed by atoms with Crippen LogP contribution in [0.3, 0.4) is 0 Å². The largest absolute Gasteiger partial charge is 0.450 e. The van der Waals surface area contributed by atoms with Crippen molar-refractivity contribution >= 4 is 35.2 Å². The van der Waals surface area contributed by atoms with E-state index in [2.05, 4.69) is 15.6 Å². The standard InChI is InChI=1S/C35H53N5O6S/c1-24-29(47-23-36-24)26-16-14-25(15-17-26)21-40(45)31(42)27-18-19-39(22-27)32(43)30(34(2,3)4)37-28(41)13-11-9-8-10-12-20-46-33(44)38-35(5,6)7/h14-17,23,27,30,45H,8-13,18-22H2,1-7H3,(H,37,41)(H,38,44)/t27-,30+/m0/s1. The number of aromatic nitrogens is 1. The summed E-state index contributed by atoms with van der Waals surface area (Å²) >= 11 is 1.57. The van der Waals surface area contributed by atoms with Gasteiger partial charge in [-0.2, -0.15) is 0 Å². The number of likely N-dealkylation sites (tertiary alicyclic amines) is 1. The predicted molar refractivity (Wildman–Crippen MR) is 183 cm³/mol. The van der Waals surface area contributed by atoms with E-state index in [0.717, 1.165) is 52.4 Å². The molecule has 1 saturated heterocycles. The lowest BCUT2D eigenvalue weighted by atomic mass is 9.85. The number of hydrogen-bond acceptors (Lipinski definition) is 8. The molecule has 1 aliphatic rings. The van der Waals surface area contributed by atoms with Gasteiger partial charge in [0.25, 0.3) is 5.91 Å². The lowest BCUT2D eigenvalue weighted by molar-refractivity contribution is -0.172. The average molecular weight is 672 g/mol. The zero-order chi connectivity index (χ0) is 34.8. The molecule has 47 heavy (non-hydrogen) atoms. The molecule has 0 saturated carbocycles. The fourth-order valence-electron chi connectivity index (χ4n) is 5.45. The van der Waals surface area contributed by atoms with E-state index in [1.807, 2.05) is 78.2 Å². The molecule has 3 rings (SSSR count). The van der Waals surface area contributed by atoms with Gasteiger partial charge in [0.1, 0.15) is 6.04 Å². The molecule has 2 aromatic rings. The van der Waals surface area contributed by atoms with Gasteiger partial charge in [-0.05, 0) is 63.5 Å². The Morgan fingerprint density at radius 3 is 2.32 bits per heavy atom. The van der Waals surface area contributed by atoms with Gasteiger partial charge in [-0.15, -0.1) is 11.3 Å². The zero-order valence-corrected chi connectivity index (χ0v) is 29.9. The first-order chi connectivity index (χ1) is 22.0. The molecule has 0 spiro atoms. The molecule has 4 amide bonds. The maximum Gasteiger partial charge on any atom is 0.407 e. The second-order valence-corrected chi connectivity index (χ2v) is 15.4. The summed E-state index contributed by atoms with van der Waals surface area (Å²) in [6, 6.07) is 6.96. The van der Waals surface area contributed by atoms with Crippen molar-refractivity contribution in [1.29, 1.82) is 0 Å². The molecule has 1 aromatic carbocycles. The molecule has 0 bridgehead atoms. The minimum absolute atomic E-state index is 0.0499. The molecule has 0 radical (unpaired) electrons. The number of rotatable bonds is 14. The first-order valence-electron chi connectivity index (χ1n) is 16.6. The van der Waals surface area contributed by atoms with Crippen LogP contribution in [0, 0.1) is 18.3 Å². The Balaban J connectivity index is 1.40. The van der Waals surface area contributed by atoms with E-state index in [1.54, 1.807) is 16.2 Å². The van der Waals surface area contributed by atoms with Crippen molar-refractivity contribution in [1.82, 2.24) is 25.6 Å². The van der Waals surface area contributed by atoms with Crippen LogP contribution in [0.1, 0.15) is 97.7 Å². The van der Waals surface area contributed by atoms with Crippen molar-refractivity contribution in [3.8, 4) is 10.4 Å². The van der Waals surface area contributed by atoms with Crippen molar-refractivity contribution in [2.24, 2.45) is 11.3 Å². The zero-order valence-electron chi connectivity index (χ0n) is 29.1. The number of ether oxygens (including phenoxy) is 1. The molecule has 1 aromatic heterocycles. The summed E-state index contributed by atoms with van der Waals surface area (Å²) in [6.45, 7) is 14.4. The summed E-state index contributed by atoms with van der Waals surface area (Å²) in [5.74, 6) is -1.32. The van der Waals surface area contributed by atoms with Gasteiger partial charge in [0, 0.05) is 25.0 Å². The van der Waals surface area contributed by atoms with E-state index < -0.39 is 29.4 Å². The molecule has 0 unspecified atom stereocenters. The van der Waals surface area contributed by atoms with E-state index >= 15 is 0 Å². The maximum atomic E-state index is 13.6. The first kappa shape index (κ1) is 37.9. The van der Waals surface area contributed by atoms with Crippen molar-refractivity contribution < 1.29 is 29.1 Å². The Hall–Kier alpha value is -3.51. The molecule has 1 fully saturated rings. The van der Waals surface area contributed by atoms with E-state index in [4.69, 9.17) is 4.74 Å². The predicted octanol–water partition coefficient (Wildman–Crippen LogP) is 6.08. The summed E-state index contributed by atoms with van der Waals surface area (Å²) in [4.78, 5) is 58.3. The van der Waals surface area contributed by atoms with Gasteiger partial charge in [-0.25, -0.2) is 14.8 Å². The number of nitrogens with one attached hydrogen (secondary N) is 2. The van der Waals surface area contributed by atoms with Gasteiger partial charge in [-0.1, -0.05) is 64.3 Å².